The fraction of sp³-hybridized carbons (Fsp3) is 0.333. The van der Waals surface area contributed by atoms with E-state index < -0.39 is 96.4 Å². The molecule has 0 aliphatic rings. The van der Waals surface area contributed by atoms with E-state index in [2.05, 4.69) is 57.8 Å². The second-order valence-electron chi connectivity index (χ2n) is 20.4. The molecule has 8 aromatic rings. The monoisotopic (exact) mass is 1100 g/mol. The average molecular weight is 1100 g/mol. The number of pyridine rings is 1. The van der Waals surface area contributed by atoms with Gasteiger partial charge in [-0.1, -0.05) is 194 Å². The van der Waals surface area contributed by atoms with Crippen LogP contribution in [-0.4, -0.2) is 19.6 Å². The van der Waals surface area contributed by atoms with Gasteiger partial charge in [-0.2, -0.15) is 0 Å². The normalized spacial score (nSPS) is 16.7. The van der Waals surface area contributed by atoms with Gasteiger partial charge in [0.25, 0.3) is 0 Å². The molecule has 2 heterocycles. The first-order chi connectivity index (χ1) is 38.5. The van der Waals surface area contributed by atoms with E-state index >= 15 is 0 Å². The van der Waals surface area contributed by atoms with Gasteiger partial charge < -0.3 is 5.11 Å². The summed E-state index contributed by atoms with van der Waals surface area (Å²) in [5.41, 5.74) is 1.69. The molecule has 0 saturated heterocycles. The van der Waals surface area contributed by atoms with Crippen LogP contribution >= 0.6 is 0 Å². The minimum atomic E-state index is -3.93. The van der Waals surface area contributed by atoms with E-state index in [-0.39, 0.29) is 55.3 Å². The summed E-state index contributed by atoms with van der Waals surface area (Å²) in [7, 11) is 0. The van der Waals surface area contributed by atoms with Crippen molar-refractivity contribution in [2.24, 2.45) is 0 Å². The van der Waals surface area contributed by atoms with Crippen LogP contribution in [0, 0.1) is 6.07 Å². The number of rotatable bonds is 9. The number of imidazole rings is 1. The minimum Gasteiger partial charge on any atom is -0.507 e. The van der Waals surface area contributed by atoms with Crippen LogP contribution in [0.2, 0.25) is 0 Å². The van der Waals surface area contributed by atoms with Crippen LogP contribution in [0.25, 0.3) is 72.7 Å². The number of fused-ring (bicyclic) bond motifs is 1. The maximum absolute atomic E-state index is 12.4. The van der Waals surface area contributed by atoms with Gasteiger partial charge in [-0.25, -0.2) is 4.98 Å². The standard InChI is InChI=1S/C63H70N3O.Pt/c1-38(2)43-34-53(40(5)6)59(67)54(35-43)60-65-58-49(20-18-22-57(58)66(60)48-27-28-50(52(37-48)39(3)4)51-19-16-17-21-55(51)63(13,14)15)44-31-45(33-47(32-44)62(10,11)12)56-36-42(29-30-64-56)41-23-25-46(26-24-41)61(7,8)9;/h16-30,32-40,67H,1-15H3;/q-1;/i7D3,8D3,9D3,23D,24D,25D,26D,29D,30D,36D,39D;. The molecule has 0 amide bonds. The molecule has 68 heavy (non-hydrogen) atoms. The number of aromatic hydroxyl groups is 1. The van der Waals surface area contributed by atoms with E-state index in [1.165, 1.54) is 0 Å². The van der Waals surface area contributed by atoms with Gasteiger partial charge in [0.05, 0.1) is 26.2 Å². The van der Waals surface area contributed by atoms with Crippen LogP contribution in [0.15, 0.2) is 127 Å². The van der Waals surface area contributed by atoms with Crippen molar-refractivity contribution in [3.63, 3.8) is 0 Å². The number of phenolic OH excluding ortho intramolecular Hbond substituents is 1. The molecule has 0 atom stereocenters. The molecule has 0 fully saturated rings. The van der Waals surface area contributed by atoms with E-state index in [9.17, 15) is 10.6 Å². The van der Waals surface area contributed by atoms with Crippen LogP contribution in [-0.2, 0) is 37.3 Å². The third kappa shape index (κ3) is 9.95. The molecule has 4 nitrogen and oxygen atoms in total. The van der Waals surface area contributed by atoms with Gasteiger partial charge in [0, 0.05) is 52.3 Å². The van der Waals surface area contributed by atoms with E-state index in [1.807, 2.05) is 120 Å². The second-order valence-corrected chi connectivity index (χ2v) is 20.4. The Labute approximate surface area is 445 Å². The molecule has 2 aromatic heterocycles. The van der Waals surface area contributed by atoms with E-state index in [1.54, 1.807) is 6.07 Å². The van der Waals surface area contributed by atoms with Crippen molar-refractivity contribution in [1.82, 2.24) is 14.5 Å². The zero-order chi connectivity index (χ0) is 62.8. The predicted octanol–water partition coefficient (Wildman–Crippen LogP) is 17.5. The van der Waals surface area contributed by atoms with E-state index in [4.69, 9.17) is 22.8 Å². The Morgan fingerprint density at radius 3 is 1.99 bits per heavy atom. The van der Waals surface area contributed by atoms with Gasteiger partial charge in [0.2, 0.25) is 0 Å². The van der Waals surface area contributed by atoms with Crippen LogP contribution in [0.1, 0.15) is 178 Å². The molecule has 354 valence electrons. The second kappa shape index (κ2) is 19.1. The van der Waals surface area contributed by atoms with Crippen LogP contribution in [0.3, 0.4) is 0 Å². The maximum atomic E-state index is 12.4. The van der Waals surface area contributed by atoms with Crippen molar-refractivity contribution < 1.29 is 49.5 Å². The molecule has 0 bridgehead atoms. The molecule has 5 heteroatoms. The van der Waals surface area contributed by atoms with Gasteiger partial charge in [0.15, 0.2) is 0 Å². The molecular formula is C63H70N3OPt-. The molecule has 0 unspecified atom stereocenters. The molecule has 0 aliphatic carbocycles. The summed E-state index contributed by atoms with van der Waals surface area (Å²) >= 11 is 0. The number of phenols is 1. The molecule has 6 aromatic carbocycles. The number of benzene rings is 6. The summed E-state index contributed by atoms with van der Waals surface area (Å²) < 4.78 is 150. The zero-order valence-electron chi connectivity index (χ0n) is 57.8. The van der Waals surface area contributed by atoms with Crippen molar-refractivity contribution in [2.75, 3.05) is 0 Å². The van der Waals surface area contributed by atoms with Gasteiger partial charge in [-0.05, 0) is 114 Å². The van der Waals surface area contributed by atoms with Crippen molar-refractivity contribution in [2.45, 2.75) is 138 Å². The first-order valence-corrected chi connectivity index (χ1v) is 22.8. The third-order valence-electron chi connectivity index (χ3n) is 12.3. The fourth-order valence-electron chi connectivity index (χ4n) is 8.55. The van der Waals surface area contributed by atoms with Gasteiger partial charge in [-0.15, -0.1) is 29.3 Å². The molecule has 0 spiro atoms. The van der Waals surface area contributed by atoms with Gasteiger partial charge >= 0.3 is 0 Å². The Morgan fingerprint density at radius 1 is 0.647 bits per heavy atom. The maximum Gasteiger partial charge on any atom is 0.148 e. The summed E-state index contributed by atoms with van der Waals surface area (Å²) in [6, 6.07) is 24.5. The van der Waals surface area contributed by atoms with Gasteiger partial charge in [-0.3, -0.25) is 9.55 Å². The van der Waals surface area contributed by atoms with Crippen molar-refractivity contribution in [3.05, 3.63) is 167 Å². The van der Waals surface area contributed by atoms with Crippen LogP contribution in [0.4, 0.5) is 0 Å². The summed E-state index contributed by atoms with van der Waals surface area (Å²) in [6.45, 7) is 12.5. The average Bonchev–Trinajstić information content (AvgIpc) is 1.06. The Hall–Kier alpha value is -5.57. The smallest absolute Gasteiger partial charge is 0.148 e. The van der Waals surface area contributed by atoms with Crippen molar-refractivity contribution in [1.29, 1.82) is 0 Å². The number of nitrogens with zero attached hydrogens (tertiary/aromatic N) is 3. The minimum absolute atomic E-state index is 0. The van der Waals surface area contributed by atoms with Crippen molar-refractivity contribution >= 4 is 11.0 Å². The summed E-state index contributed by atoms with van der Waals surface area (Å²) in [5, 5.41) is 12.4. The van der Waals surface area contributed by atoms with Crippen LogP contribution in [0.5, 0.6) is 5.75 Å². The molecule has 0 radical (unpaired) electrons. The number of para-hydroxylation sites is 1. The van der Waals surface area contributed by atoms with Crippen molar-refractivity contribution in [3.8, 4) is 67.5 Å². The summed E-state index contributed by atoms with van der Waals surface area (Å²) in [6.07, 6.45) is -0.757. The Bertz CT molecular complexity index is 3860. The van der Waals surface area contributed by atoms with Crippen LogP contribution < -0.4 is 0 Å². The summed E-state index contributed by atoms with van der Waals surface area (Å²) in [4.78, 5) is 9.85. The fourth-order valence-corrected chi connectivity index (χ4v) is 8.55. The number of aromatic nitrogens is 3. The largest absolute Gasteiger partial charge is 0.507 e. The Morgan fingerprint density at radius 2 is 1.34 bits per heavy atom. The summed E-state index contributed by atoms with van der Waals surface area (Å²) in [5.74, 6) is -0.638. The van der Waals surface area contributed by atoms with Gasteiger partial charge in [0.1, 0.15) is 11.6 Å². The molecular weight excluding hydrogens is 1010 g/mol. The van der Waals surface area contributed by atoms with E-state index in [0.29, 0.717) is 44.8 Å². The zero-order valence-corrected chi connectivity index (χ0v) is 43.1. The first kappa shape index (κ1) is 32.3. The number of hydrogen-bond acceptors (Lipinski definition) is 3. The topological polar surface area (TPSA) is 50.9 Å². The quantitative estimate of drug-likeness (QED) is 0.147. The Kier molecular flexibility index (Phi) is 9.06. The third-order valence-corrected chi connectivity index (χ3v) is 12.3. The first-order valence-electron chi connectivity index (χ1n) is 31.3. The Balaban J connectivity index is 0.0000104. The molecule has 8 rings (SSSR count). The van der Waals surface area contributed by atoms with E-state index in [0.717, 1.165) is 33.4 Å². The molecule has 0 saturated carbocycles. The molecule has 1 N–H and O–H groups in total. The number of hydrogen-bond donors (Lipinski definition) is 1. The molecule has 0 aliphatic heterocycles. The predicted molar refractivity (Wildman–Crippen MR) is 285 cm³/mol. The SMILES string of the molecule is [2H]c1nc(-c2[c-]c(-c3cccc4c3nc(-c3cc(C(C)C)cc(C(C)C)c3O)n4-c3ccc(-c4ccccc4C(C)(C)C)c(C([2H])(C)C)c3)cc(C(C)(C)C)c2)c([2H])c(-c2c([2H])c([2H])c(C(C([2H])([2H])[2H])(C([2H])([2H])[2H])C([2H])([2H])[2H])c([2H])c2[2H])c1[2H].[Pt].